The smallest absolute Gasteiger partial charge is 0.267 e. The van der Waals surface area contributed by atoms with Crippen molar-refractivity contribution in [2.24, 2.45) is 0 Å². The van der Waals surface area contributed by atoms with Crippen LogP contribution in [0.2, 0.25) is 0 Å². The lowest BCUT2D eigenvalue weighted by Gasteiger charge is -2.34. The zero-order chi connectivity index (χ0) is 17.9. The Bertz CT molecular complexity index is 889. The van der Waals surface area contributed by atoms with E-state index in [1.54, 1.807) is 12.4 Å². The van der Waals surface area contributed by atoms with Crippen LogP contribution in [0.25, 0.3) is 11.3 Å². The van der Waals surface area contributed by atoms with Crippen LogP contribution in [0.4, 0.5) is 5.82 Å². The van der Waals surface area contributed by atoms with Crippen LogP contribution in [-0.2, 0) is 0 Å². The van der Waals surface area contributed by atoms with Crippen molar-refractivity contribution in [3.63, 3.8) is 0 Å². The first kappa shape index (κ1) is 16.5. The molecule has 0 aliphatic carbocycles. The van der Waals surface area contributed by atoms with Gasteiger partial charge in [-0.15, -0.1) is 15.3 Å². The van der Waals surface area contributed by atoms with E-state index < -0.39 is 0 Å². The molecule has 3 aromatic rings. The van der Waals surface area contributed by atoms with Gasteiger partial charge in [0.25, 0.3) is 5.91 Å². The van der Waals surface area contributed by atoms with Gasteiger partial charge < -0.3 is 9.80 Å². The molecule has 0 bridgehead atoms. The number of amides is 1. The molecule has 3 aromatic heterocycles. The predicted octanol–water partition coefficient (Wildman–Crippen LogP) is 1.66. The van der Waals surface area contributed by atoms with Gasteiger partial charge in [0.1, 0.15) is 4.88 Å². The lowest BCUT2D eigenvalue weighted by atomic mass is 10.2. The summed E-state index contributed by atoms with van der Waals surface area (Å²) in [6.07, 6.45) is 3.50. The molecule has 26 heavy (non-hydrogen) atoms. The molecule has 1 amide bonds. The first-order valence-corrected chi connectivity index (χ1v) is 9.07. The maximum absolute atomic E-state index is 12.5. The average Bonchev–Trinajstić information content (AvgIpc) is 3.14. The van der Waals surface area contributed by atoms with E-state index in [9.17, 15) is 4.79 Å². The molecule has 4 heterocycles. The zero-order valence-corrected chi connectivity index (χ0v) is 15.1. The van der Waals surface area contributed by atoms with Gasteiger partial charge in [0.05, 0.1) is 11.4 Å². The monoisotopic (exact) mass is 367 g/mol. The highest BCUT2D eigenvalue weighted by atomic mass is 32.1. The maximum Gasteiger partial charge on any atom is 0.267 e. The fraction of sp³-hybridized carbons (Fsp3) is 0.294. The number of pyridine rings is 1. The summed E-state index contributed by atoms with van der Waals surface area (Å²) in [5.74, 6) is 0.829. The standard InChI is InChI=1S/C17H17N7OS/c1-12-16(26-22-19-12)17(25)24-9-7-23(8-10-24)15-5-4-14(20-21-15)13-3-2-6-18-11-13/h2-6,11H,7-10H2,1H3. The molecule has 8 nitrogen and oxygen atoms in total. The van der Waals surface area contributed by atoms with Crippen molar-refractivity contribution >= 4 is 23.3 Å². The minimum atomic E-state index is 0.00941. The molecule has 1 saturated heterocycles. The van der Waals surface area contributed by atoms with Gasteiger partial charge in [-0.2, -0.15) is 0 Å². The Morgan fingerprint density at radius 3 is 2.54 bits per heavy atom. The number of aromatic nitrogens is 5. The predicted molar refractivity (Wildman–Crippen MR) is 98.0 cm³/mol. The van der Waals surface area contributed by atoms with Crippen molar-refractivity contribution in [3.05, 3.63) is 47.2 Å². The summed E-state index contributed by atoms with van der Waals surface area (Å²) >= 11 is 1.15. The molecule has 0 N–H and O–H groups in total. The SMILES string of the molecule is Cc1nnsc1C(=O)N1CCN(c2ccc(-c3cccnc3)nn2)CC1. The number of carbonyl (C=O) groups is 1. The second-order valence-corrected chi connectivity index (χ2v) is 6.74. The Kier molecular flexibility index (Phi) is 4.53. The van der Waals surface area contributed by atoms with Crippen molar-refractivity contribution in [1.82, 2.24) is 29.7 Å². The summed E-state index contributed by atoms with van der Waals surface area (Å²) in [5.41, 5.74) is 2.43. The Morgan fingerprint density at radius 1 is 1.08 bits per heavy atom. The molecule has 0 atom stereocenters. The van der Waals surface area contributed by atoms with Crippen LogP contribution in [0.5, 0.6) is 0 Å². The van der Waals surface area contributed by atoms with Crippen molar-refractivity contribution in [2.75, 3.05) is 31.1 Å². The molecule has 132 valence electrons. The van der Waals surface area contributed by atoms with E-state index in [0.29, 0.717) is 23.7 Å². The first-order valence-electron chi connectivity index (χ1n) is 8.29. The molecule has 0 radical (unpaired) electrons. The van der Waals surface area contributed by atoms with E-state index in [1.165, 1.54) is 0 Å². The third-order valence-electron chi connectivity index (χ3n) is 4.34. The summed E-state index contributed by atoms with van der Waals surface area (Å²) in [4.78, 5) is 21.2. The first-order chi connectivity index (χ1) is 12.7. The molecule has 1 aliphatic heterocycles. The van der Waals surface area contributed by atoms with Crippen LogP contribution in [0.1, 0.15) is 15.4 Å². The van der Waals surface area contributed by atoms with Gasteiger partial charge in [0, 0.05) is 44.1 Å². The number of anilines is 1. The molecule has 0 spiro atoms. The van der Waals surface area contributed by atoms with Crippen LogP contribution >= 0.6 is 11.5 Å². The van der Waals surface area contributed by atoms with Crippen molar-refractivity contribution < 1.29 is 4.79 Å². The van der Waals surface area contributed by atoms with E-state index in [2.05, 4.69) is 29.7 Å². The van der Waals surface area contributed by atoms with Crippen LogP contribution in [0.15, 0.2) is 36.7 Å². The molecular formula is C17H17N7OS. The summed E-state index contributed by atoms with van der Waals surface area (Å²) in [6, 6.07) is 7.74. The van der Waals surface area contributed by atoms with Crippen molar-refractivity contribution in [3.8, 4) is 11.3 Å². The summed E-state index contributed by atoms with van der Waals surface area (Å²) in [6.45, 7) is 4.53. The number of hydrogen-bond donors (Lipinski definition) is 0. The molecule has 0 aromatic carbocycles. The lowest BCUT2D eigenvalue weighted by Crippen LogP contribution is -2.49. The van der Waals surface area contributed by atoms with Gasteiger partial charge in [-0.1, -0.05) is 4.49 Å². The molecule has 0 saturated carbocycles. The molecule has 4 rings (SSSR count). The average molecular weight is 367 g/mol. The van der Waals surface area contributed by atoms with Gasteiger partial charge in [-0.25, -0.2) is 0 Å². The Hall–Kier alpha value is -2.94. The van der Waals surface area contributed by atoms with E-state index in [4.69, 9.17) is 0 Å². The van der Waals surface area contributed by atoms with E-state index >= 15 is 0 Å². The van der Waals surface area contributed by atoms with Crippen LogP contribution in [0, 0.1) is 6.92 Å². The highest BCUT2D eigenvalue weighted by Crippen LogP contribution is 2.20. The number of hydrogen-bond acceptors (Lipinski definition) is 8. The Morgan fingerprint density at radius 2 is 1.92 bits per heavy atom. The molecular weight excluding hydrogens is 350 g/mol. The Labute approximate surface area is 154 Å². The second-order valence-electron chi connectivity index (χ2n) is 5.99. The third kappa shape index (κ3) is 3.25. The van der Waals surface area contributed by atoms with Gasteiger partial charge >= 0.3 is 0 Å². The topological polar surface area (TPSA) is 88.0 Å². The zero-order valence-electron chi connectivity index (χ0n) is 14.2. The molecule has 1 aliphatic rings. The quantitative estimate of drug-likeness (QED) is 0.695. The highest BCUT2D eigenvalue weighted by molar-refractivity contribution is 7.07. The van der Waals surface area contributed by atoms with Gasteiger partial charge in [-0.3, -0.25) is 9.78 Å². The third-order valence-corrected chi connectivity index (χ3v) is 5.16. The van der Waals surface area contributed by atoms with E-state index in [1.807, 2.05) is 36.1 Å². The van der Waals surface area contributed by atoms with E-state index in [0.717, 1.165) is 41.7 Å². The maximum atomic E-state index is 12.5. The minimum absolute atomic E-state index is 0.00941. The fourth-order valence-electron chi connectivity index (χ4n) is 2.87. The number of rotatable bonds is 3. The number of carbonyl (C=O) groups excluding carboxylic acids is 1. The van der Waals surface area contributed by atoms with Gasteiger partial charge in [-0.05, 0) is 42.7 Å². The van der Waals surface area contributed by atoms with Crippen molar-refractivity contribution in [1.29, 1.82) is 0 Å². The second kappa shape index (κ2) is 7.12. The molecule has 1 fully saturated rings. The molecule has 0 unspecified atom stereocenters. The number of nitrogens with zero attached hydrogens (tertiary/aromatic N) is 7. The normalized spacial score (nSPS) is 14.5. The largest absolute Gasteiger partial charge is 0.352 e. The summed E-state index contributed by atoms with van der Waals surface area (Å²) in [5, 5.41) is 12.6. The van der Waals surface area contributed by atoms with Gasteiger partial charge in [0.2, 0.25) is 0 Å². The van der Waals surface area contributed by atoms with Gasteiger partial charge in [0.15, 0.2) is 5.82 Å². The minimum Gasteiger partial charge on any atom is -0.352 e. The van der Waals surface area contributed by atoms with Crippen LogP contribution in [0.3, 0.4) is 0 Å². The number of aryl methyl sites for hydroxylation is 1. The highest BCUT2D eigenvalue weighted by Gasteiger charge is 2.25. The molecule has 9 heteroatoms. The van der Waals surface area contributed by atoms with Crippen molar-refractivity contribution in [2.45, 2.75) is 6.92 Å². The van der Waals surface area contributed by atoms with Crippen LogP contribution < -0.4 is 4.90 Å². The fourth-order valence-corrected chi connectivity index (χ4v) is 3.50. The number of piperazine rings is 1. The summed E-state index contributed by atoms with van der Waals surface area (Å²) < 4.78 is 3.84. The summed E-state index contributed by atoms with van der Waals surface area (Å²) in [7, 11) is 0. The van der Waals surface area contributed by atoms with Crippen LogP contribution in [-0.4, -0.2) is 61.8 Å². The lowest BCUT2D eigenvalue weighted by molar-refractivity contribution is 0.0750. The van der Waals surface area contributed by atoms with E-state index in [-0.39, 0.29) is 5.91 Å². The Balaban J connectivity index is 1.40.